The molecule has 0 atom stereocenters. The number of hydrogen-bond donors (Lipinski definition) is 2. The lowest BCUT2D eigenvalue weighted by Gasteiger charge is -2.24. The number of nitrogens with one attached hydrogen (secondary N) is 1. The molecular weight excluding hydrogens is 282 g/mol. The lowest BCUT2D eigenvalue weighted by molar-refractivity contribution is -0.122. The van der Waals surface area contributed by atoms with Crippen LogP contribution in [0.25, 0.3) is 0 Å². The maximum atomic E-state index is 12.2. The van der Waals surface area contributed by atoms with Crippen LogP contribution in [-0.4, -0.2) is 10.9 Å². The Balaban J connectivity index is 2.05. The molecule has 0 fully saturated rings. The molecule has 1 aromatic carbocycles. The molecule has 0 saturated carbocycles. The zero-order valence-electron chi connectivity index (χ0n) is 12.9. The number of carbonyl (C=O) groups is 1. The van der Waals surface area contributed by atoms with Crippen molar-refractivity contribution >= 4 is 22.9 Å². The van der Waals surface area contributed by atoms with E-state index in [0.717, 1.165) is 16.3 Å². The Bertz CT molecular complexity index is 625. The number of anilines is 1. The third kappa shape index (κ3) is 3.82. The molecule has 1 heterocycles. The summed E-state index contributed by atoms with van der Waals surface area (Å²) in [5, 5.41) is 3.99. The van der Waals surface area contributed by atoms with Crippen molar-refractivity contribution in [2.24, 2.45) is 0 Å². The summed E-state index contributed by atoms with van der Waals surface area (Å²) >= 11 is 1.63. The Kier molecular flexibility index (Phi) is 4.32. The molecule has 0 aliphatic rings. The molecule has 1 aromatic heterocycles. The van der Waals surface area contributed by atoms with Crippen LogP contribution in [0.3, 0.4) is 0 Å². The second kappa shape index (κ2) is 5.85. The Morgan fingerprint density at radius 1 is 1.29 bits per heavy atom. The number of nitrogens with two attached hydrogens (primary N) is 1. The van der Waals surface area contributed by atoms with Crippen LogP contribution in [0.2, 0.25) is 0 Å². The average Bonchev–Trinajstić information content (AvgIpc) is 2.73. The predicted molar refractivity (Wildman–Crippen MR) is 87.3 cm³/mol. The van der Waals surface area contributed by atoms with Gasteiger partial charge in [0.25, 0.3) is 0 Å². The number of thiazole rings is 1. The molecule has 21 heavy (non-hydrogen) atoms. The number of nitrogen functional groups attached to an aromatic ring is 1. The molecule has 0 radical (unpaired) electrons. The van der Waals surface area contributed by atoms with E-state index in [-0.39, 0.29) is 5.91 Å². The van der Waals surface area contributed by atoms with Gasteiger partial charge in [-0.1, -0.05) is 12.1 Å². The Morgan fingerprint density at radius 3 is 2.43 bits per heavy atom. The highest BCUT2D eigenvalue weighted by atomic mass is 32.1. The molecule has 0 aliphatic heterocycles. The third-order valence-corrected chi connectivity index (χ3v) is 4.76. The number of benzene rings is 1. The summed E-state index contributed by atoms with van der Waals surface area (Å²) < 4.78 is 0. The lowest BCUT2D eigenvalue weighted by atomic mass is 10.1. The van der Waals surface area contributed by atoms with E-state index in [1.807, 2.05) is 39.8 Å². The van der Waals surface area contributed by atoms with Crippen molar-refractivity contribution in [1.29, 1.82) is 0 Å². The summed E-state index contributed by atoms with van der Waals surface area (Å²) in [6.07, 6.45) is 0.340. The first-order valence-electron chi connectivity index (χ1n) is 6.88. The van der Waals surface area contributed by atoms with Gasteiger partial charge in [-0.25, -0.2) is 4.98 Å². The summed E-state index contributed by atoms with van der Waals surface area (Å²) in [7, 11) is 0. The van der Waals surface area contributed by atoms with E-state index in [1.54, 1.807) is 23.5 Å². The van der Waals surface area contributed by atoms with Crippen LogP contribution in [-0.2, 0) is 16.8 Å². The summed E-state index contributed by atoms with van der Waals surface area (Å²) in [5.74, 6) is -0.0183. The summed E-state index contributed by atoms with van der Waals surface area (Å²) in [6, 6.07) is 7.36. The van der Waals surface area contributed by atoms with Crippen molar-refractivity contribution in [1.82, 2.24) is 10.3 Å². The summed E-state index contributed by atoms with van der Waals surface area (Å²) in [5.41, 5.74) is 7.85. The van der Waals surface area contributed by atoms with Gasteiger partial charge in [-0.15, -0.1) is 11.3 Å². The van der Waals surface area contributed by atoms with Gasteiger partial charge in [-0.2, -0.15) is 0 Å². The molecule has 1 amide bonds. The molecule has 0 saturated heterocycles. The largest absolute Gasteiger partial charge is 0.399 e. The van der Waals surface area contributed by atoms with Crippen molar-refractivity contribution in [3.8, 4) is 0 Å². The van der Waals surface area contributed by atoms with Crippen LogP contribution < -0.4 is 11.1 Å². The normalized spacial score (nSPS) is 11.4. The quantitative estimate of drug-likeness (QED) is 0.853. The highest BCUT2D eigenvalue weighted by Crippen LogP contribution is 2.27. The van der Waals surface area contributed by atoms with E-state index in [1.165, 1.54) is 4.88 Å². The molecular formula is C16H21N3OS. The molecule has 2 aromatic rings. The molecule has 5 heteroatoms. The average molecular weight is 303 g/mol. The van der Waals surface area contributed by atoms with E-state index in [9.17, 15) is 4.79 Å². The number of carbonyl (C=O) groups excluding carboxylic acids is 1. The van der Waals surface area contributed by atoms with Crippen LogP contribution in [0.4, 0.5) is 5.69 Å². The van der Waals surface area contributed by atoms with Gasteiger partial charge in [0.05, 0.1) is 17.7 Å². The van der Waals surface area contributed by atoms with Gasteiger partial charge in [0.1, 0.15) is 5.01 Å². The first-order valence-corrected chi connectivity index (χ1v) is 7.69. The maximum Gasteiger partial charge on any atom is 0.225 e. The smallest absolute Gasteiger partial charge is 0.225 e. The summed E-state index contributed by atoms with van der Waals surface area (Å²) in [4.78, 5) is 17.9. The minimum atomic E-state index is -0.464. The standard InChI is InChI=1S/C16H21N3OS/c1-10-11(2)21-15(18-10)16(3,4)19-14(20)9-12-5-7-13(17)8-6-12/h5-8H,9,17H2,1-4H3,(H,19,20). The molecule has 0 bridgehead atoms. The first-order chi connectivity index (χ1) is 9.78. The SMILES string of the molecule is Cc1nc(C(C)(C)NC(=O)Cc2ccc(N)cc2)sc1C. The van der Waals surface area contributed by atoms with Gasteiger partial charge < -0.3 is 11.1 Å². The molecule has 0 spiro atoms. The van der Waals surface area contributed by atoms with Crippen molar-refractivity contribution in [2.45, 2.75) is 39.7 Å². The number of aromatic nitrogens is 1. The summed E-state index contributed by atoms with van der Waals surface area (Å²) in [6.45, 7) is 7.99. The Morgan fingerprint density at radius 2 is 1.90 bits per heavy atom. The van der Waals surface area contributed by atoms with Crippen LogP contribution in [0.5, 0.6) is 0 Å². The van der Waals surface area contributed by atoms with E-state index < -0.39 is 5.54 Å². The minimum Gasteiger partial charge on any atom is -0.399 e. The van der Waals surface area contributed by atoms with Crippen molar-refractivity contribution < 1.29 is 4.79 Å². The van der Waals surface area contributed by atoms with Crippen LogP contribution in [0.1, 0.15) is 35.0 Å². The van der Waals surface area contributed by atoms with Gasteiger partial charge >= 0.3 is 0 Å². The molecule has 0 aliphatic carbocycles. The minimum absolute atomic E-state index is 0.0183. The highest BCUT2D eigenvalue weighted by molar-refractivity contribution is 7.11. The zero-order valence-corrected chi connectivity index (χ0v) is 13.7. The van der Waals surface area contributed by atoms with Gasteiger partial charge in [0.2, 0.25) is 5.91 Å². The van der Waals surface area contributed by atoms with Gasteiger partial charge in [0, 0.05) is 10.6 Å². The monoisotopic (exact) mass is 303 g/mol. The lowest BCUT2D eigenvalue weighted by Crippen LogP contribution is -2.41. The number of nitrogens with zero attached hydrogens (tertiary/aromatic N) is 1. The second-order valence-corrected chi connectivity index (χ2v) is 6.96. The first kappa shape index (κ1) is 15.5. The maximum absolute atomic E-state index is 12.2. The molecule has 0 unspecified atom stereocenters. The molecule has 3 N–H and O–H groups in total. The van der Waals surface area contributed by atoms with Crippen molar-refractivity contribution in [3.05, 3.63) is 45.4 Å². The number of amides is 1. The zero-order chi connectivity index (χ0) is 15.6. The fourth-order valence-corrected chi connectivity index (χ4v) is 2.98. The van der Waals surface area contributed by atoms with E-state index >= 15 is 0 Å². The number of aryl methyl sites for hydroxylation is 2. The molecule has 4 nitrogen and oxygen atoms in total. The van der Waals surface area contributed by atoms with E-state index in [0.29, 0.717) is 12.1 Å². The van der Waals surface area contributed by atoms with Crippen molar-refractivity contribution in [3.63, 3.8) is 0 Å². The molecule has 112 valence electrons. The number of hydrogen-bond acceptors (Lipinski definition) is 4. The fraction of sp³-hybridized carbons (Fsp3) is 0.375. The number of rotatable bonds is 4. The van der Waals surface area contributed by atoms with E-state index in [4.69, 9.17) is 5.73 Å². The topological polar surface area (TPSA) is 68.0 Å². The predicted octanol–water partition coefficient (Wildman–Crippen LogP) is 2.94. The Hall–Kier alpha value is -1.88. The Labute approximate surface area is 129 Å². The molecule has 2 rings (SSSR count). The van der Waals surface area contributed by atoms with Gasteiger partial charge in [-0.05, 0) is 45.4 Å². The van der Waals surface area contributed by atoms with E-state index in [2.05, 4.69) is 10.3 Å². The van der Waals surface area contributed by atoms with Crippen LogP contribution in [0.15, 0.2) is 24.3 Å². The van der Waals surface area contributed by atoms with Crippen LogP contribution >= 0.6 is 11.3 Å². The van der Waals surface area contributed by atoms with Crippen LogP contribution in [0, 0.1) is 13.8 Å². The third-order valence-electron chi connectivity index (χ3n) is 3.36. The van der Waals surface area contributed by atoms with Gasteiger partial charge in [0.15, 0.2) is 0 Å². The van der Waals surface area contributed by atoms with Crippen molar-refractivity contribution in [2.75, 3.05) is 5.73 Å². The highest BCUT2D eigenvalue weighted by Gasteiger charge is 2.26. The second-order valence-electron chi connectivity index (χ2n) is 5.75. The fourth-order valence-electron chi connectivity index (χ4n) is 2.01. The van der Waals surface area contributed by atoms with Gasteiger partial charge in [-0.3, -0.25) is 4.79 Å².